The number of hydrogen-bond acceptors (Lipinski definition) is 2. The molecule has 1 unspecified atom stereocenters. The molecule has 3 heteroatoms. The van der Waals surface area contributed by atoms with E-state index in [1.165, 1.54) is 11.1 Å². The van der Waals surface area contributed by atoms with E-state index in [1.807, 2.05) is 5.06 Å². The van der Waals surface area contributed by atoms with Gasteiger partial charge in [0.15, 0.2) is 0 Å². The summed E-state index contributed by atoms with van der Waals surface area (Å²) in [4.78, 5) is 5.73. The van der Waals surface area contributed by atoms with E-state index in [4.69, 9.17) is 4.84 Å². The molecule has 1 atom stereocenters. The van der Waals surface area contributed by atoms with Crippen LogP contribution in [0.2, 0.25) is 0 Å². The highest BCUT2D eigenvalue weighted by atomic mass is 127. The Kier molecular flexibility index (Phi) is 3.31. The fraction of sp³-hybridized carbons (Fsp3) is 0.333. The lowest BCUT2D eigenvalue weighted by Gasteiger charge is -2.16. The van der Waals surface area contributed by atoms with E-state index in [1.54, 1.807) is 0 Å². The number of hydrogen-bond donors (Lipinski definition) is 0. The standard InChI is InChI=1S/C12H14INO/c1-9-3-5-12(6-4-9)14-8-11(7-13)10(2)15-14/h3-6,8,10H,7H2,1-2H3. The minimum Gasteiger partial charge on any atom is -0.262 e. The molecule has 2 nitrogen and oxygen atoms in total. The Morgan fingerprint density at radius 2 is 2.00 bits per heavy atom. The predicted octanol–water partition coefficient (Wildman–Crippen LogP) is 3.45. The molecular weight excluding hydrogens is 301 g/mol. The number of benzene rings is 1. The van der Waals surface area contributed by atoms with Gasteiger partial charge in [-0.25, -0.2) is 5.06 Å². The van der Waals surface area contributed by atoms with Gasteiger partial charge in [0.05, 0.1) is 5.69 Å². The minimum atomic E-state index is 0.197. The van der Waals surface area contributed by atoms with Crippen molar-refractivity contribution in [3.8, 4) is 0 Å². The van der Waals surface area contributed by atoms with Crippen molar-refractivity contribution in [3.63, 3.8) is 0 Å². The van der Waals surface area contributed by atoms with Crippen molar-refractivity contribution in [1.82, 2.24) is 0 Å². The fourth-order valence-electron chi connectivity index (χ4n) is 1.49. The lowest BCUT2D eigenvalue weighted by Crippen LogP contribution is -2.15. The van der Waals surface area contributed by atoms with E-state index in [0.717, 1.165) is 10.1 Å². The molecule has 0 bridgehead atoms. The molecule has 0 saturated heterocycles. The maximum absolute atomic E-state index is 5.73. The third kappa shape index (κ3) is 2.34. The van der Waals surface area contributed by atoms with E-state index in [2.05, 4.69) is 66.9 Å². The molecule has 1 aromatic rings. The molecule has 15 heavy (non-hydrogen) atoms. The Hall–Kier alpha value is -0.550. The van der Waals surface area contributed by atoms with E-state index in [0.29, 0.717) is 0 Å². The van der Waals surface area contributed by atoms with Crippen LogP contribution in [0.5, 0.6) is 0 Å². The van der Waals surface area contributed by atoms with Gasteiger partial charge in [0.25, 0.3) is 0 Å². The number of alkyl halides is 1. The van der Waals surface area contributed by atoms with Gasteiger partial charge in [0.2, 0.25) is 0 Å². The van der Waals surface area contributed by atoms with Crippen LogP contribution >= 0.6 is 22.6 Å². The van der Waals surface area contributed by atoms with Crippen LogP contribution in [0.25, 0.3) is 0 Å². The maximum atomic E-state index is 5.73. The van der Waals surface area contributed by atoms with Crippen molar-refractivity contribution < 1.29 is 4.84 Å². The number of aryl methyl sites for hydroxylation is 1. The summed E-state index contributed by atoms with van der Waals surface area (Å²) in [5.41, 5.74) is 3.69. The van der Waals surface area contributed by atoms with Crippen LogP contribution < -0.4 is 5.06 Å². The maximum Gasteiger partial charge on any atom is 0.107 e. The molecule has 2 rings (SSSR count). The van der Waals surface area contributed by atoms with Crippen LogP contribution in [0, 0.1) is 6.92 Å². The average molecular weight is 315 g/mol. The SMILES string of the molecule is Cc1ccc(N2C=C(CI)C(C)O2)cc1. The van der Waals surface area contributed by atoms with Crippen molar-refractivity contribution in [2.75, 3.05) is 9.49 Å². The summed E-state index contributed by atoms with van der Waals surface area (Å²) < 4.78 is 1.02. The summed E-state index contributed by atoms with van der Waals surface area (Å²) in [5, 5.41) is 1.86. The third-order valence-electron chi connectivity index (χ3n) is 2.52. The van der Waals surface area contributed by atoms with Crippen molar-refractivity contribution in [2.24, 2.45) is 0 Å². The largest absolute Gasteiger partial charge is 0.262 e. The molecule has 0 saturated carbocycles. The van der Waals surface area contributed by atoms with Gasteiger partial charge in [0.1, 0.15) is 6.10 Å². The molecule has 80 valence electrons. The third-order valence-corrected chi connectivity index (χ3v) is 3.40. The van der Waals surface area contributed by atoms with Crippen LogP contribution in [0.15, 0.2) is 36.0 Å². The lowest BCUT2D eigenvalue weighted by atomic mass is 10.2. The second kappa shape index (κ2) is 4.53. The Bertz CT molecular complexity index is 372. The number of rotatable bonds is 2. The number of halogens is 1. The summed E-state index contributed by atoms with van der Waals surface area (Å²) in [5.74, 6) is 0. The summed E-state index contributed by atoms with van der Waals surface area (Å²) in [6, 6.07) is 8.35. The second-order valence-electron chi connectivity index (χ2n) is 3.75. The average Bonchev–Trinajstić information content (AvgIpc) is 2.61. The normalized spacial score (nSPS) is 20.6. The van der Waals surface area contributed by atoms with Gasteiger partial charge in [-0.05, 0) is 31.6 Å². The second-order valence-corrected chi connectivity index (χ2v) is 4.51. The Morgan fingerprint density at radius 1 is 1.33 bits per heavy atom. The van der Waals surface area contributed by atoms with Crippen molar-refractivity contribution in [1.29, 1.82) is 0 Å². The summed E-state index contributed by atoms with van der Waals surface area (Å²) >= 11 is 2.36. The first-order valence-electron chi connectivity index (χ1n) is 5.00. The Balaban J connectivity index is 2.20. The molecule has 1 aliphatic rings. The van der Waals surface area contributed by atoms with E-state index < -0.39 is 0 Å². The van der Waals surface area contributed by atoms with Gasteiger partial charge in [-0.1, -0.05) is 40.3 Å². The summed E-state index contributed by atoms with van der Waals surface area (Å²) in [7, 11) is 0. The molecule has 0 spiro atoms. The Morgan fingerprint density at radius 3 is 2.53 bits per heavy atom. The molecular formula is C12H14INO. The van der Waals surface area contributed by atoms with Crippen molar-refractivity contribution >= 4 is 28.3 Å². The molecule has 0 fully saturated rings. The van der Waals surface area contributed by atoms with Gasteiger partial charge < -0.3 is 0 Å². The molecule has 1 aromatic carbocycles. The number of nitrogens with zero attached hydrogens (tertiary/aromatic N) is 1. The number of hydroxylamine groups is 1. The monoisotopic (exact) mass is 315 g/mol. The summed E-state index contributed by atoms with van der Waals surface area (Å²) in [6.45, 7) is 4.17. The first-order chi connectivity index (χ1) is 7.20. The predicted molar refractivity (Wildman–Crippen MR) is 71.2 cm³/mol. The van der Waals surface area contributed by atoms with Gasteiger partial charge >= 0.3 is 0 Å². The van der Waals surface area contributed by atoms with E-state index >= 15 is 0 Å². The highest BCUT2D eigenvalue weighted by Crippen LogP contribution is 2.26. The quantitative estimate of drug-likeness (QED) is 0.612. The highest BCUT2D eigenvalue weighted by Gasteiger charge is 2.21. The molecule has 1 heterocycles. The van der Waals surface area contributed by atoms with E-state index in [-0.39, 0.29) is 6.10 Å². The highest BCUT2D eigenvalue weighted by molar-refractivity contribution is 14.1. The van der Waals surface area contributed by atoms with Gasteiger partial charge in [0, 0.05) is 10.6 Å². The van der Waals surface area contributed by atoms with Crippen LogP contribution in [-0.4, -0.2) is 10.5 Å². The molecule has 0 aromatic heterocycles. The zero-order chi connectivity index (χ0) is 10.8. The topological polar surface area (TPSA) is 12.5 Å². The molecule has 0 amide bonds. The smallest absolute Gasteiger partial charge is 0.107 e. The fourth-order valence-corrected chi connectivity index (χ4v) is 2.31. The van der Waals surface area contributed by atoms with Crippen LogP contribution in [0.3, 0.4) is 0 Å². The lowest BCUT2D eigenvalue weighted by molar-refractivity contribution is 0.110. The number of anilines is 1. The minimum absolute atomic E-state index is 0.197. The molecule has 1 aliphatic heterocycles. The molecule has 0 N–H and O–H groups in total. The van der Waals surface area contributed by atoms with Crippen molar-refractivity contribution in [2.45, 2.75) is 20.0 Å². The zero-order valence-corrected chi connectivity index (χ0v) is 11.1. The summed E-state index contributed by atoms with van der Waals surface area (Å²) in [6.07, 6.45) is 2.28. The molecule has 0 radical (unpaired) electrons. The van der Waals surface area contributed by atoms with Gasteiger partial charge in [-0.15, -0.1) is 0 Å². The first kappa shape index (κ1) is 11.0. The van der Waals surface area contributed by atoms with Gasteiger partial charge in [-0.3, -0.25) is 4.84 Å². The van der Waals surface area contributed by atoms with Crippen LogP contribution in [0.1, 0.15) is 12.5 Å². The van der Waals surface area contributed by atoms with Crippen molar-refractivity contribution in [3.05, 3.63) is 41.6 Å². The van der Waals surface area contributed by atoms with Crippen LogP contribution in [-0.2, 0) is 4.84 Å². The molecule has 0 aliphatic carbocycles. The first-order valence-corrected chi connectivity index (χ1v) is 6.52. The zero-order valence-electron chi connectivity index (χ0n) is 8.90. The van der Waals surface area contributed by atoms with Gasteiger partial charge in [-0.2, -0.15) is 0 Å². The van der Waals surface area contributed by atoms with Crippen LogP contribution in [0.4, 0.5) is 5.69 Å². The van der Waals surface area contributed by atoms with E-state index in [9.17, 15) is 0 Å². The Labute approximate surface area is 104 Å².